The fourth-order valence-corrected chi connectivity index (χ4v) is 1.79. The number of aryl methyl sites for hydroxylation is 2. The molecule has 1 N–H and O–H groups in total. The number of aromatic carboxylic acids is 1. The van der Waals surface area contributed by atoms with E-state index in [4.69, 9.17) is 5.11 Å². The molecular weight excluding hydrogens is 264 g/mol. The lowest BCUT2D eigenvalue weighted by molar-refractivity contribution is -0.384. The van der Waals surface area contributed by atoms with Gasteiger partial charge in [0, 0.05) is 18.7 Å². The Morgan fingerprint density at radius 1 is 1.40 bits per heavy atom. The third kappa shape index (κ3) is 2.79. The molecule has 1 heterocycles. The summed E-state index contributed by atoms with van der Waals surface area (Å²) in [6, 6.07) is 6.21. The zero-order chi connectivity index (χ0) is 14.7. The van der Waals surface area contributed by atoms with Crippen molar-refractivity contribution < 1.29 is 14.8 Å². The molecule has 0 radical (unpaired) electrons. The smallest absolute Gasteiger partial charge is 0.358 e. The van der Waals surface area contributed by atoms with E-state index in [9.17, 15) is 14.9 Å². The number of rotatable bonds is 5. The van der Waals surface area contributed by atoms with Gasteiger partial charge in [-0.3, -0.25) is 10.1 Å². The Morgan fingerprint density at radius 2 is 2.05 bits per heavy atom. The van der Waals surface area contributed by atoms with E-state index in [-0.39, 0.29) is 11.4 Å². The van der Waals surface area contributed by atoms with E-state index in [1.165, 1.54) is 16.8 Å². The number of nitro benzene ring substituents is 1. The van der Waals surface area contributed by atoms with Crippen molar-refractivity contribution in [3.05, 3.63) is 51.3 Å². The monoisotopic (exact) mass is 276 g/mol. The van der Waals surface area contributed by atoms with Crippen molar-refractivity contribution in [3.63, 3.8) is 0 Å². The highest BCUT2D eigenvalue weighted by molar-refractivity contribution is 5.86. The van der Waals surface area contributed by atoms with E-state index in [1.807, 2.05) is 0 Å². The Morgan fingerprint density at radius 3 is 2.55 bits per heavy atom. The van der Waals surface area contributed by atoms with Crippen LogP contribution in [0, 0.1) is 17.0 Å². The molecule has 0 spiro atoms. The van der Waals surface area contributed by atoms with Crippen LogP contribution in [0.2, 0.25) is 0 Å². The van der Waals surface area contributed by atoms with Gasteiger partial charge >= 0.3 is 5.97 Å². The molecule has 0 aliphatic heterocycles. The Bertz CT molecular complexity index is 648. The van der Waals surface area contributed by atoms with Crippen LogP contribution in [0.3, 0.4) is 0 Å². The Balaban J connectivity index is 2.05. The topological polar surface area (TPSA) is 111 Å². The van der Waals surface area contributed by atoms with E-state index >= 15 is 0 Å². The minimum Gasteiger partial charge on any atom is -0.476 e. The number of nitro groups is 1. The van der Waals surface area contributed by atoms with Crippen LogP contribution in [-0.4, -0.2) is 31.0 Å². The number of nitrogens with zero attached hydrogens (tertiary/aromatic N) is 4. The zero-order valence-corrected chi connectivity index (χ0v) is 10.7. The second kappa shape index (κ2) is 5.47. The van der Waals surface area contributed by atoms with E-state index in [2.05, 4.69) is 10.3 Å². The van der Waals surface area contributed by atoms with E-state index in [0.717, 1.165) is 5.56 Å². The second-order valence-electron chi connectivity index (χ2n) is 4.23. The Labute approximate surface area is 113 Å². The number of hydrogen-bond donors (Lipinski definition) is 1. The first-order chi connectivity index (χ1) is 9.49. The van der Waals surface area contributed by atoms with Gasteiger partial charge in [-0.15, -0.1) is 5.10 Å². The molecule has 0 unspecified atom stereocenters. The quantitative estimate of drug-likeness (QED) is 0.653. The summed E-state index contributed by atoms with van der Waals surface area (Å²) in [7, 11) is 0. The molecule has 0 aliphatic rings. The lowest BCUT2D eigenvalue weighted by Crippen LogP contribution is -2.07. The highest BCUT2D eigenvalue weighted by Gasteiger charge is 2.14. The molecule has 1 aromatic heterocycles. The van der Waals surface area contributed by atoms with Gasteiger partial charge in [0.15, 0.2) is 5.69 Å². The molecule has 0 saturated carbocycles. The lowest BCUT2D eigenvalue weighted by Gasteiger charge is -2.03. The first-order valence-electron chi connectivity index (χ1n) is 5.85. The van der Waals surface area contributed by atoms with Crippen molar-refractivity contribution >= 4 is 11.7 Å². The Hall–Kier alpha value is -2.77. The predicted molar refractivity (Wildman–Crippen MR) is 68.5 cm³/mol. The number of carboxylic acid groups (broad SMARTS) is 1. The first-order valence-corrected chi connectivity index (χ1v) is 5.85. The molecule has 0 fully saturated rings. The van der Waals surface area contributed by atoms with Crippen LogP contribution in [0.15, 0.2) is 24.3 Å². The van der Waals surface area contributed by atoms with Gasteiger partial charge in [-0.05, 0) is 18.9 Å². The third-order valence-corrected chi connectivity index (χ3v) is 2.94. The lowest BCUT2D eigenvalue weighted by atomic mass is 10.1. The average molecular weight is 276 g/mol. The minimum absolute atomic E-state index is 0.0406. The average Bonchev–Trinajstić information content (AvgIpc) is 2.78. The number of aromatic nitrogens is 3. The number of hydrogen-bond acceptors (Lipinski definition) is 5. The molecule has 104 valence electrons. The summed E-state index contributed by atoms with van der Waals surface area (Å²) in [6.07, 6.45) is 0.585. The van der Waals surface area contributed by atoms with Crippen LogP contribution >= 0.6 is 0 Å². The van der Waals surface area contributed by atoms with Gasteiger partial charge in [-0.2, -0.15) is 0 Å². The summed E-state index contributed by atoms with van der Waals surface area (Å²) >= 11 is 0. The highest BCUT2D eigenvalue weighted by atomic mass is 16.6. The maximum atomic E-state index is 10.8. The van der Waals surface area contributed by atoms with Crippen molar-refractivity contribution in [1.82, 2.24) is 15.0 Å². The van der Waals surface area contributed by atoms with Gasteiger partial charge in [0.2, 0.25) is 0 Å². The van der Waals surface area contributed by atoms with Crippen LogP contribution in [-0.2, 0) is 13.0 Å². The normalized spacial score (nSPS) is 10.4. The molecule has 8 nitrogen and oxygen atoms in total. The molecule has 0 bridgehead atoms. The molecule has 0 amide bonds. The van der Waals surface area contributed by atoms with Crippen LogP contribution in [0.25, 0.3) is 0 Å². The molecular formula is C12H12N4O4. The van der Waals surface area contributed by atoms with Gasteiger partial charge < -0.3 is 5.11 Å². The molecule has 0 aliphatic carbocycles. The van der Waals surface area contributed by atoms with Gasteiger partial charge in [0.05, 0.1) is 10.6 Å². The van der Waals surface area contributed by atoms with Gasteiger partial charge in [-0.25, -0.2) is 9.48 Å². The van der Waals surface area contributed by atoms with E-state index in [0.29, 0.717) is 18.7 Å². The summed E-state index contributed by atoms with van der Waals surface area (Å²) in [6.45, 7) is 2.10. The van der Waals surface area contributed by atoms with E-state index < -0.39 is 10.9 Å². The number of benzene rings is 1. The standard InChI is InChI=1S/C12H12N4O4/c1-8-11(12(17)18)13-14-15(8)7-6-9-2-4-10(5-3-9)16(19)20/h2-5H,6-7H2,1H3,(H,17,18). The SMILES string of the molecule is Cc1c(C(=O)O)nnn1CCc1ccc([N+](=O)[O-])cc1. The number of carbonyl (C=O) groups is 1. The van der Waals surface area contributed by atoms with Gasteiger partial charge in [-0.1, -0.05) is 17.3 Å². The zero-order valence-electron chi connectivity index (χ0n) is 10.7. The first kappa shape index (κ1) is 13.7. The summed E-state index contributed by atoms with van der Waals surface area (Å²) in [5.41, 5.74) is 1.37. The highest BCUT2D eigenvalue weighted by Crippen LogP contribution is 2.13. The van der Waals surface area contributed by atoms with Crippen LogP contribution in [0.5, 0.6) is 0 Å². The van der Waals surface area contributed by atoms with E-state index in [1.54, 1.807) is 19.1 Å². The summed E-state index contributed by atoms with van der Waals surface area (Å²) in [4.78, 5) is 20.9. The van der Waals surface area contributed by atoms with Crippen molar-refractivity contribution in [2.24, 2.45) is 0 Å². The van der Waals surface area contributed by atoms with Crippen molar-refractivity contribution in [3.8, 4) is 0 Å². The fourth-order valence-electron chi connectivity index (χ4n) is 1.79. The molecule has 20 heavy (non-hydrogen) atoms. The molecule has 0 saturated heterocycles. The fraction of sp³-hybridized carbons (Fsp3) is 0.250. The predicted octanol–water partition coefficient (Wildman–Crippen LogP) is 1.44. The summed E-state index contributed by atoms with van der Waals surface area (Å²) < 4.78 is 1.50. The molecule has 1 aromatic carbocycles. The maximum absolute atomic E-state index is 10.8. The number of carboxylic acids is 1. The van der Waals surface area contributed by atoms with Crippen molar-refractivity contribution in [1.29, 1.82) is 0 Å². The minimum atomic E-state index is -1.11. The second-order valence-corrected chi connectivity index (χ2v) is 4.23. The summed E-state index contributed by atoms with van der Waals surface area (Å²) in [5.74, 6) is -1.11. The van der Waals surface area contributed by atoms with Crippen molar-refractivity contribution in [2.45, 2.75) is 19.9 Å². The molecule has 2 aromatic rings. The largest absolute Gasteiger partial charge is 0.476 e. The van der Waals surface area contributed by atoms with Gasteiger partial charge in [0.1, 0.15) is 0 Å². The van der Waals surface area contributed by atoms with Crippen molar-refractivity contribution in [2.75, 3.05) is 0 Å². The molecule has 0 atom stereocenters. The van der Waals surface area contributed by atoms with Gasteiger partial charge in [0.25, 0.3) is 5.69 Å². The Kier molecular flexibility index (Phi) is 3.74. The number of non-ortho nitro benzene ring substituents is 1. The maximum Gasteiger partial charge on any atom is 0.358 e. The van der Waals surface area contributed by atoms with Crippen LogP contribution in [0.4, 0.5) is 5.69 Å². The summed E-state index contributed by atoms with van der Waals surface area (Å²) in [5, 5.41) is 26.8. The molecule has 2 rings (SSSR count). The third-order valence-electron chi connectivity index (χ3n) is 2.94. The molecule has 8 heteroatoms. The van der Waals surface area contributed by atoms with Crippen LogP contribution in [0.1, 0.15) is 21.7 Å². The van der Waals surface area contributed by atoms with Crippen LogP contribution < -0.4 is 0 Å².